The van der Waals surface area contributed by atoms with E-state index in [0.717, 1.165) is 16.7 Å². The van der Waals surface area contributed by atoms with Crippen LogP contribution in [0.5, 0.6) is 0 Å². The van der Waals surface area contributed by atoms with Gasteiger partial charge in [-0.25, -0.2) is 4.79 Å². The van der Waals surface area contributed by atoms with Gasteiger partial charge < -0.3 is 29.6 Å². The number of aliphatic hydroxyl groups excluding tert-OH is 2. The summed E-state index contributed by atoms with van der Waals surface area (Å²) in [6, 6.07) is 1.80. The number of hydrogen-bond acceptors (Lipinski definition) is 8. The van der Waals surface area contributed by atoms with Gasteiger partial charge in [0.1, 0.15) is 11.9 Å². The molecule has 9 heteroatoms. The maximum Gasteiger partial charge on any atom is 0.335 e. The lowest BCUT2D eigenvalue weighted by atomic mass is 9.40. The van der Waals surface area contributed by atoms with Crippen molar-refractivity contribution in [3.05, 3.63) is 35.3 Å². The van der Waals surface area contributed by atoms with Gasteiger partial charge in [0.15, 0.2) is 6.10 Å². The number of Topliss-reactive ketones (excluding diaryl/α,β-unsaturated/α-hetero) is 1. The van der Waals surface area contributed by atoms with Crippen LogP contribution in [0, 0.1) is 34.0 Å². The van der Waals surface area contributed by atoms with Crippen LogP contribution in [0.2, 0.25) is 0 Å². The molecule has 2 bridgehead atoms. The lowest BCUT2D eigenvalue weighted by molar-refractivity contribution is -0.203. The zero-order valence-corrected chi connectivity index (χ0v) is 21.4. The SMILES string of the molecule is COC(=O)[C@H](O)[C@H]1C(C)(C)[C@H](O)[C@@H]2CC3=C4CC(=O)O[C@@H](c5ccoc5)[C@]4(C)CC[C@@H]3[C@@]1(C)C2=O.O. The molecular formula is C27H36O9. The molecule has 5 rings (SSSR count). The first-order chi connectivity index (χ1) is 16.4. The van der Waals surface area contributed by atoms with Crippen molar-refractivity contribution in [1.82, 2.24) is 0 Å². The lowest BCUT2D eigenvalue weighted by Crippen LogP contribution is -2.68. The average Bonchev–Trinajstić information content (AvgIpc) is 3.34. The van der Waals surface area contributed by atoms with Crippen molar-refractivity contribution in [3.63, 3.8) is 0 Å². The summed E-state index contributed by atoms with van der Waals surface area (Å²) in [5.41, 5.74) is 0.241. The second-order valence-electron chi connectivity index (χ2n) is 11.8. The lowest BCUT2D eigenvalue weighted by Gasteiger charge is -2.63. The number of allylic oxidation sites excluding steroid dienone is 1. The summed E-state index contributed by atoms with van der Waals surface area (Å²) < 4.78 is 16.0. The molecule has 0 aromatic carbocycles. The summed E-state index contributed by atoms with van der Waals surface area (Å²) in [6.07, 6.45) is 1.80. The van der Waals surface area contributed by atoms with E-state index < -0.39 is 52.4 Å². The van der Waals surface area contributed by atoms with Crippen LogP contribution in [-0.4, -0.2) is 52.7 Å². The number of fused-ring (bicyclic) bond motifs is 5. The number of aliphatic hydroxyl groups is 2. The molecule has 2 saturated carbocycles. The molecule has 1 aliphatic heterocycles. The summed E-state index contributed by atoms with van der Waals surface area (Å²) in [6.45, 7) is 7.54. The first-order valence-corrected chi connectivity index (χ1v) is 12.3. The highest BCUT2D eigenvalue weighted by Gasteiger charge is 2.69. The number of carbonyl (C=O) groups is 3. The fourth-order valence-electron chi connectivity index (χ4n) is 8.18. The van der Waals surface area contributed by atoms with E-state index in [0.29, 0.717) is 19.3 Å². The number of ether oxygens (including phenoxy) is 2. The number of ketones is 1. The number of furan rings is 1. The molecule has 0 radical (unpaired) electrons. The smallest absolute Gasteiger partial charge is 0.335 e. The van der Waals surface area contributed by atoms with Crippen LogP contribution in [0.4, 0.5) is 0 Å². The number of cyclic esters (lactones) is 1. The number of carbonyl (C=O) groups excluding carboxylic acids is 3. The van der Waals surface area contributed by atoms with Gasteiger partial charge in [-0.2, -0.15) is 0 Å². The third kappa shape index (κ3) is 3.28. The molecule has 1 aromatic heterocycles. The predicted molar refractivity (Wildman–Crippen MR) is 126 cm³/mol. The number of methoxy groups -OCH3 is 1. The molecule has 3 aliphatic carbocycles. The topological polar surface area (TPSA) is 155 Å². The van der Waals surface area contributed by atoms with E-state index in [1.165, 1.54) is 7.11 Å². The van der Waals surface area contributed by atoms with E-state index in [1.54, 1.807) is 18.6 Å². The number of hydrogen-bond donors (Lipinski definition) is 2. The average molecular weight is 505 g/mol. The second kappa shape index (κ2) is 8.53. The van der Waals surface area contributed by atoms with Crippen molar-refractivity contribution >= 4 is 17.7 Å². The first-order valence-electron chi connectivity index (χ1n) is 12.3. The molecule has 1 aromatic rings. The normalized spacial score (nSPS) is 39.8. The monoisotopic (exact) mass is 504 g/mol. The van der Waals surface area contributed by atoms with Gasteiger partial charge in [0.25, 0.3) is 0 Å². The fourth-order valence-corrected chi connectivity index (χ4v) is 8.18. The van der Waals surface area contributed by atoms with E-state index >= 15 is 0 Å². The van der Waals surface area contributed by atoms with Crippen LogP contribution < -0.4 is 0 Å². The quantitative estimate of drug-likeness (QED) is 0.469. The van der Waals surface area contributed by atoms with E-state index in [2.05, 4.69) is 6.92 Å². The van der Waals surface area contributed by atoms with Gasteiger partial charge >= 0.3 is 11.9 Å². The molecular weight excluding hydrogens is 468 g/mol. The van der Waals surface area contributed by atoms with Crippen LogP contribution in [0.1, 0.15) is 65.0 Å². The molecule has 8 atom stereocenters. The van der Waals surface area contributed by atoms with E-state index in [4.69, 9.17) is 13.9 Å². The van der Waals surface area contributed by atoms with Crippen molar-refractivity contribution in [2.75, 3.05) is 7.11 Å². The summed E-state index contributed by atoms with van der Waals surface area (Å²) in [7, 11) is 1.20. The minimum absolute atomic E-state index is 0. The van der Waals surface area contributed by atoms with Crippen LogP contribution in [0.3, 0.4) is 0 Å². The Morgan fingerprint density at radius 3 is 2.53 bits per heavy atom. The molecule has 3 fully saturated rings. The Morgan fingerprint density at radius 2 is 1.92 bits per heavy atom. The zero-order chi connectivity index (χ0) is 25.5. The van der Waals surface area contributed by atoms with Gasteiger partial charge in [0.2, 0.25) is 0 Å². The predicted octanol–water partition coefficient (Wildman–Crippen LogP) is 2.30. The van der Waals surface area contributed by atoms with Crippen LogP contribution in [0.25, 0.3) is 0 Å². The van der Waals surface area contributed by atoms with Gasteiger partial charge in [-0.3, -0.25) is 9.59 Å². The maximum absolute atomic E-state index is 13.9. The van der Waals surface area contributed by atoms with Gasteiger partial charge in [-0.05, 0) is 42.2 Å². The zero-order valence-electron chi connectivity index (χ0n) is 21.4. The Labute approximate surface area is 210 Å². The van der Waals surface area contributed by atoms with E-state index in [9.17, 15) is 24.6 Å². The highest BCUT2D eigenvalue weighted by molar-refractivity contribution is 5.93. The molecule has 1 saturated heterocycles. The summed E-state index contributed by atoms with van der Waals surface area (Å²) in [5.74, 6) is -3.07. The number of rotatable bonds is 3. The Balaban J connectivity index is 0.00000304. The van der Waals surface area contributed by atoms with Crippen molar-refractivity contribution in [3.8, 4) is 0 Å². The molecule has 9 nitrogen and oxygen atoms in total. The van der Waals surface area contributed by atoms with Gasteiger partial charge in [-0.15, -0.1) is 0 Å². The van der Waals surface area contributed by atoms with Crippen molar-refractivity contribution < 1.29 is 44.0 Å². The molecule has 2 heterocycles. The Kier molecular flexibility index (Phi) is 6.30. The second-order valence-corrected chi connectivity index (χ2v) is 11.8. The Morgan fingerprint density at radius 1 is 1.22 bits per heavy atom. The van der Waals surface area contributed by atoms with E-state index in [-0.39, 0.29) is 29.6 Å². The summed E-state index contributed by atoms with van der Waals surface area (Å²) in [4.78, 5) is 39.2. The highest BCUT2D eigenvalue weighted by atomic mass is 16.5. The molecule has 198 valence electrons. The third-order valence-electron chi connectivity index (χ3n) is 9.83. The van der Waals surface area contributed by atoms with Gasteiger partial charge in [0, 0.05) is 28.2 Å². The Hall–Kier alpha value is -2.49. The third-order valence-corrected chi connectivity index (χ3v) is 9.83. The minimum Gasteiger partial charge on any atom is -0.472 e. The van der Waals surface area contributed by atoms with Crippen LogP contribution in [0.15, 0.2) is 34.2 Å². The first kappa shape index (κ1) is 26.6. The van der Waals surface area contributed by atoms with Crippen LogP contribution >= 0.6 is 0 Å². The highest BCUT2D eigenvalue weighted by Crippen LogP contribution is 2.67. The van der Waals surface area contributed by atoms with Crippen molar-refractivity contribution in [1.29, 1.82) is 0 Å². The maximum atomic E-state index is 13.9. The summed E-state index contributed by atoms with van der Waals surface area (Å²) in [5, 5.41) is 22.5. The molecule has 4 aliphatic rings. The largest absolute Gasteiger partial charge is 0.472 e. The minimum atomic E-state index is -1.56. The van der Waals surface area contributed by atoms with Crippen LogP contribution in [-0.2, 0) is 23.9 Å². The summed E-state index contributed by atoms with van der Waals surface area (Å²) >= 11 is 0. The molecule has 0 unspecified atom stereocenters. The fraction of sp³-hybridized carbons (Fsp3) is 0.667. The van der Waals surface area contributed by atoms with Crippen molar-refractivity contribution in [2.45, 2.75) is 71.7 Å². The number of esters is 2. The standard InChI is InChI=1S/C27H34O8.H2O/c1-25(2)20(19(29)24(32)33-5)27(4)16-6-8-26(3)17(14(16)10-15(21(25)30)22(27)31)11-18(28)35-23(26)13-7-9-34-12-13;/h7,9,12,15-16,19-21,23,29-30H,6,8,10-11H2,1-5H3;1H2/t15-,16-,19+,20-,21+,23-,26+,27+;/m0./s1. The molecule has 0 amide bonds. The molecule has 0 spiro atoms. The Bertz CT molecular complexity index is 1100. The van der Waals surface area contributed by atoms with Gasteiger partial charge in [-0.1, -0.05) is 33.3 Å². The van der Waals surface area contributed by atoms with E-state index in [1.807, 2.05) is 20.8 Å². The van der Waals surface area contributed by atoms with Crippen molar-refractivity contribution in [2.24, 2.45) is 34.0 Å². The van der Waals surface area contributed by atoms with Gasteiger partial charge in [0.05, 0.1) is 32.2 Å². The molecule has 36 heavy (non-hydrogen) atoms. The molecule has 4 N–H and O–H groups in total.